The number of phenolic OH excluding ortho intramolecular Hbond substituents is 1. The van der Waals surface area contributed by atoms with E-state index in [0.29, 0.717) is 11.3 Å². The molecule has 2 aromatic rings. The summed E-state index contributed by atoms with van der Waals surface area (Å²) in [6.45, 7) is -0.799. The average Bonchev–Trinajstić information content (AvgIpc) is 3.19. The molecule has 2 amide bonds. The minimum absolute atomic E-state index is 0.0151. The number of amides is 2. The minimum atomic E-state index is -1.51. The summed E-state index contributed by atoms with van der Waals surface area (Å²) < 4.78 is 0. The molecule has 0 fully saturated rings. The number of nitrogens with one attached hydrogen (secondary N) is 3. The van der Waals surface area contributed by atoms with Gasteiger partial charge in [0.05, 0.1) is 19.0 Å². The summed E-state index contributed by atoms with van der Waals surface area (Å²) in [4.78, 5) is 42.7. The zero-order valence-corrected chi connectivity index (χ0v) is 15.4. The fourth-order valence-corrected chi connectivity index (χ4v) is 2.54. The molecule has 0 spiro atoms. The lowest BCUT2D eigenvalue weighted by Gasteiger charge is -2.22. The molecule has 0 saturated heterocycles. The minimum Gasteiger partial charge on any atom is -0.508 e. The second kappa shape index (κ2) is 10.2. The molecule has 8 N–H and O–H groups in total. The molecule has 0 aliphatic rings. The summed E-state index contributed by atoms with van der Waals surface area (Å²) in [7, 11) is 0. The van der Waals surface area contributed by atoms with Gasteiger partial charge in [-0.2, -0.15) is 0 Å². The van der Waals surface area contributed by atoms with Gasteiger partial charge in [0.2, 0.25) is 11.8 Å². The van der Waals surface area contributed by atoms with E-state index < -0.39 is 42.5 Å². The first-order valence-corrected chi connectivity index (χ1v) is 8.75. The summed E-state index contributed by atoms with van der Waals surface area (Å²) in [6.07, 6.45) is 3.04. The molecule has 0 unspecified atom stereocenters. The van der Waals surface area contributed by atoms with Crippen molar-refractivity contribution >= 4 is 17.8 Å². The number of nitrogens with two attached hydrogens (primary N) is 1. The number of carbonyl (C=O) groups is 3. The number of carbonyl (C=O) groups excluding carboxylic acids is 2. The van der Waals surface area contributed by atoms with Crippen molar-refractivity contribution in [2.45, 2.75) is 31.0 Å². The number of benzene rings is 1. The number of hydrogen-bond donors (Lipinski definition) is 7. The van der Waals surface area contributed by atoms with Crippen molar-refractivity contribution in [2.24, 2.45) is 5.73 Å². The van der Waals surface area contributed by atoms with E-state index in [0.717, 1.165) is 0 Å². The highest BCUT2D eigenvalue weighted by Crippen LogP contribution is 2.11. The van der Waals surface area contributed by atoms with Crippen LogP contribution in [0.3, 0.4) is 0 Å². The molecule has 3 atom stereocenters. The van der Waals surface area contributed by atoms with Crippen LogP contribution >= 0.6 is 0 Å². The van der Waals surface area contributed by atoms with Crippen molar-refractivity contribution in [1.82, 2.24) is 20.6 Å². The Kier molecular flexibility index (Phi) is 7.69. The molecule has 0 aliphatic carbocycles. The van der Waals surface area contributed by atoms with Gasteiger partial charge in [0.1, 0.15) is 17.8 Å². The van der Waals surface area contributed by atoms with Crippen molar-refractivity contribution < 1.29 is 29.7 Å². The van der Waals surface area contributed by atoms with Crippen molar-refractivity contribution in [3.8, 4) is 5.75 Å². The predicted molar refractivity (Wildman–Crippen MR) is 101 cm³/mol. The van der Waals surface area contributed by atoms with Gasteiger partial charge in [-0.1, -0.05) is 12.1 Å². The third kappa shape index (κ3) is 6.59. The second-order valence-corrected chi connectivity index (χ2v) is 6.40. The Bertz CT molecular complexity index is 824. The van der Waals surface area contributed by atoms with Crippen LogP contribution in [0.5, 0.6) is 5.75 Å². The maximum atomic E-state index is 12.5. The Morgan fingerprint density at radius 1 is 1.07 bits per heavy atom. The number of carboxylic acids is 1. The van der Waals surface area contributed by atoms with Crippen molar-refractivity contribution in [2.75, 3.05) is 6.61 Å². The SMILES string of the molecule is N[C@@H](Cc1ccc(O)cc1)C(=O)N[C@@H](Cc1cnc[nH]1)C(=O)N[C@@H](CO)C(=O)O. The van der Waals surface area contributed by atoms with Gasteiger partial charge in [0, 0.05) is 18.3 Å². The highest BCUT2D eigenvalue weighted by Gasteiger charge is 2.28. The molecular weight excluding hydrogens is 382 g/mol. The normalized spacial score (nSPS) is 13.9. The lowest BCUT2D eigenvalue weighted by atomic mass is 10.0. The number of phenols is 1. The molecule has 0 radical (unpaired) electrons. The number of aliphatic hydroxyl groups is 1. The molecule has 156 valence electrons. The van der Waals surface area contributed by atoms with Gasteiger partial charge >= 0.3 is 5.97 Å². The van der Waals surface area contributed by atoms with Gasteiger partial charge in [-0.15, -0.1) is 0 Å². The van der Waals surface area contributed by atoms with E-state index in [1.807, 2.05) is 0 Å². The number of carboxylic acid groups (broad SMARTS) is 1. The van der Waals surface area contributed by atoms with E-state index in [1.165, 1.54) is 24.7 Å². The highest BCUT2D eigenvalue weighted by molar-refractivity contribution is 5.92. The highest BCUT2D eigenvalue weighted by atomic mass is 16.4. The van der Waals surface area contributed by atoms with Crippen molar-refractivity contribution in [3.05, 3.63) is 48.0 Å². The molecule has 0 saturated carbocycles. The Morgan fingerprint density at radius 3 is 2.28 bits per heavy atom. The number of aromatic hydroxyl groups is 1. The fraction of sp³-hybridized carbons (Fsp3) is 0.333. The van der Waals surface area contributed by atoms with E-state index >= 15 is 0 Å². The van der Waals surface area contributed by atoms with Gasteiger partial charge in [-0.05, 0) is 24.1 Å². The molecule has 0 aliphatic heterocycles. The van der Waals surface area contributed by atoms with Gasteiger partial charge in [-0.25, -0.2) is 9.78 Å². The number of aliphatic carboxylic acids is 1. The molecule has 29 heavy (non-hydrogen) atoms. The van der Waals surface area contributed by atoms with Crippen LogP contribution in [0.15, 0.2) is 36.8 Å². The lowest BCUT2D eigenvalue weighted by Crippen LogP contribution is -2.56. The molecule has 2 rings (SSSR count). The van der Waals surface area contributed by atoms with Crippen LogP contribution in [0, 0.1) is 0 Å². The Balaban J connectivity index is 2.06. The first-order valence-electron chi connectivity index (χ1n) is 8.75. The zero-order chi connectivity index (χ0) is 21.4. The number of H-pyrrole nitrogens is 1. The largest absolute Gasteiger partial charge is 0.508 e. The van der Waals surface area contributed by atoms with Crippen LogP contribution in [0.1, 0.15) is 11.3 Å². The van der Waals surface area contributed by atoms with Gasteiger partial charge in [-0.3, -0.25) is 9.59 Å². The van der Waals surface area contributed by atoms with E-state index in [9.17, 15) is 19.5 Å². The molecule has 11 heteroatoms. The van der Waals surface area contributed by atoms with Crippen LogP contribution in [0.25, 0.3) is 0 Å². The van der Waals surface area contributed by atoms with Crippen molar-refractivity contribution in [3.63, 3.8) is 0 Å². The lowest BCUT2D eigenvalue weighted by molar-refractivity contribution is -0.143. The Hall–Kier alpha value is -3.44. The van der Waals surface area contributed by atoms with Gasteiger partial charge in [0.15, 0.2) is 0 Å². The van der Waals surface area contributed by atoms with Crippen LogP contribution < -0.4 is 16.4 Å². The number of rotatable bonds is 10. The fourth-order valence-electron chi connectivity index (χ4n) is 2.54. The van der Waals surface area contributed by atoms with Gasteiger partial charge in [0.25, 0.3) is 0 Å². The van der Waals surface area contributed by atoms with Crippen LogP contribution in [0.2, 0.25) is 0 Å². The van der Waals surface area contributed by atoms with E-state index in [1.54, 1.807) is 12.1 Å². The molecule has 1 aromatic carbocycles. The Morgan fingerprint density at radius 2 is 1.72 bits per heavy atom. The van der Waals surface area contributed by atoms with E-state index in [-0.39, 0.29) is 18.6 Å². The zero-order valence-electron chi connectivity index (χ0n) is 15.4. The standard InChI is InChI=1S/C18H23N5O6/c19-13(5-10-1-3-12(25)4-2-10)16(26)22-14(6-11-7-20-9-21-11)17(27)23-15(8-24)18(28)29/h1-4,7,9,13-15,24-25H,5-6,8,19H2,(H,20,21)(H,22,26)(H,23,27)(H,28,29)/t13-,14-,15-/m0/s1. The molecule has 0 bridgehead atoms. The molecular formula is C18H23N5O6. The average molecular weight is 405 g/mol. The topological polar surface area (TPSA) is 191 Å². The number of aliphatic hydroxyl groups excluding tert-OH is 1. The monoisotopic (exact) mass is 405 g/mol. The summed E-state index contributed by atoms with van der Waals surface area (Å²) in [5, 5.41) is 32.1. The van der Waals surface area contributed by atoms with Crippen LogP contribution in [0.4, 0.5) is 0 Å². The van der Waals surface area contributed by atoms with Crippen molar-refractivity contribution in [1.29, 1.82) is 0 Å². The third-order valence-electron chi connectivity index (χ3n) is 4.14. The molecule has 1 heterocycles. The molecule has 11 nitrogen and oxygen atoms in total. The third-order valence-corrected chi connectivity index (χ3v) is 4.14. The first-order chi connectivity index (χ1) is 13.8. The summed E-state index contributed by atoms with van der Waals surface area (Å²) in [5.74, 6) is -2.73. The summed E-state index contributed by atoms with van der Waals surface area (Å²) >= 11 is 0. The van der Waals surface area contributed by atoms with Gasteiger partial charge < -0.3 is 36.7 Å². The smallest absolute Gasteiger partial charge is 0.328 e. The first kappa shape index (κ1) is 21.9. The van der Waals surface area contributed by atoms with E-state index in [4.69, 9.17) is 15.9 Å². The van der Waals surface area contributed by atoms with Crippen LogP contribution in [-0.2, 0) is 27.2 Å². The maximum absolute atomic E-state index is 12.5. The maximum Gasteiger partial charge on any atom is 0.328 e. The van der Waals surface area contributed by atoms with E-state index in [2.05, 4.69) is 20.6 Å². The Labute approximate surface area is 166 Å². The van der Waals surface area contributed by atoms with Crippen LogP contribution in [-0.4, -0.2) is 67.8 Å². The quantitative estimate of drug-likeness (QED) is 0.242. The number of aromatic amines is 1. The number of hydrogen-bond acceptors (Lipinski definition) is 7. The number of aromatic nitrogens is 2. The second-order valence-electron chi connectivity index (χ2n) is 6.40. The summed E-state index contributed by atoms with van der Waals surface area (Å²) in [6, 6.07) is 2.55. The summed E-state index contributed by atoms with van der Waals surface area (Å²) in [5.41, 5.74) is 7.17. The molecule has 1 aromatic heterocycles. The number of nitrogens with zero attached hydrogens (tertiary/aromatic N) is 1. The number of imidazole rings is 1. The predicted octanol–water partition coefficient (Wildman–Crippen LogP) is -1.73.